The number of quaternary nitrogens is 1. The highest BCUT2D eigenvalue weighted by Crippen LogP contribution is 2.17. The molecular weight excluding hydrogens is 983 g/mol. The molecule has 0 radical (unpaired) electrons. The van der Waals surface area contributed by atoms with Gasteiger partial charge in [0, 0.05) is 12.8 Å². The molecule has 0 N–H and O–H groups in total. The quantitative estimate of drug-likeness (QED) is 0.0195. The van der Waals surface area contributed by atoms with Crippen LogP contribution in [0.3, 0.4) is 0 Å². The average molecular weight is 1100 g/mol. The highest BCUT2D eigenvalue weighted by atomic mass is 16.7. The highest BCUT2D eigenvalue weighted by Gasteiger charge is 2.22. The summed E-state index contributed by atoms with van der Waals surface area (Å²) in [5, 5.41) is 11.8. The molecule has 2 unspecified atom stereocenters. The van der Waals surface area contributed by atoms with Crippen molar-refractivity contribution in [2.75, 3.05) is 47.5 Å². The summed E-state index contributed by atoms with van der Waals surface area (Å²) in [6, 6.07) is 0. The summed E-state index contributed by atoms with van der Waals surface area (Å²) >= 11 is 0. The Hall–Kier alpha value is -3.79. The number of nitrogens with zero attached hydrogens (tertiary/aromatic N) is 1. The number of rotatable bonds is 59. The van der Waals surface area contributed by atoms with Crippen LogP contribution < -0.4 is 5.11 Å². The molecule has 0 saturated heterocycles. The molecule has 0 bridgehead atoms. The second-order valence-corrected chi connectivity index (χ2v) is 22.7. The van der Waals surface area contributed by atoms with Gasteiger partial charge in [-0.05, 0) is 96.3 Å². The fraction of sp³-hybridized carbons (Fsp3) is 0.729. The fourth-order valence-electron chi connectivity index (χ4n) is 8.87. The third kappa shape index (κ3) is 61.7. The van der Waals surface area contributed by atoms with Crippen LogP contribution in [0.5, 0.6) is 0 Å². The minimum Gasteiger partial charge on any atom is -0.545 e. The van der Waals surface area contributed by atoms with Gasteiger partial charge in [0.2, 0.25) is 0 Å². The van der Waals surface area contributed by atoms with Gasteiger partial charge in [-0.2, -0.15) is 0 Å². The van der Waals surface area contributed by atoms with E-state index in [1.807, 2.05) is 21.1 Å². The number of esters is 2. The summed E-state index contributed by atoms with van der Waals surface area (Å²) < 4.78 is 22.7. The molecule has 0 aromatic heterocycles. The fourth-order valence-corrected chi connectivity index (χ4v) is 8.87. The number of ether oxygens (including phenoxy) is 4. The zero-order valence-corrected chi connectivity index (χ0v) is 51.7. The van der Waals surface area contributed by atoms with Gasteiger partial charge in [0.1, 0.15) is 13.2 Å². The van der Waals surface area contributed by atoms with Gasteiger partial charge in [0.25, 0.3) is 0 Å². The van der Waals surface area contributed by atoms with Crippen molar-refractivity contribution in [1.29, 1.82) is 0 Å². The molecule has 454 valence electrons. The number of allylic oxidation sites excluding steroid dienone is 16. The maximum atomic E-state index is 12.9. The Balaban J connectivity index is 4.02. The summed E-state index contributed by atoms with van der Waals surface area (Å²) in [6.45, 7) is 4.60. The van der Waals surface area contributed by atoms with E-state index in [4.69, 9.17) is 18.9 Å². The molecule has 9 heteroatoms. The van der Waals surface area contributed by atoms with Crippen molar-refractivity contribution in [1.82, 2.24) is 0 Å². The van der Waals surface area contributed by atoms with E-state index in [1.165, 1.54) is 141 Å². The number of hydrogen-bond acceptors (Lipinski definition) is 8. The van der Waals surface area contributed by atoms with Crippen molar-refractivity contribution < 1.29 is 42.9 Å². The SMILES string of the molecule is CC/C=C\C/C=C\C/C=C\C/C=C\C/C=C\C/C=C\CCCCCCCCCCCCCCCCCCCCCCC(=O)OC(COC(=O)CCCCCCC/C=C\C/C=C\CCCCC)COC(OCC[N+](C)(C)C)C(=O)[O-]. The van der Waals surface area contributed by atoms with E-state index in [0.29, 0.717) is 17.4 Å². The third-order valence-electron chi connectivity index (χ3n) is 13.8. The van der Waals surface area contributed by atoms with E-state index in [0.717, 1.165) is 96.3 Å². The summed E-state index contributed by atoms with van der Waals surface area (Å²) in [5.74, 6) is -2.30. The van der Waals surface area contributed by atoms with Gasteiger partial charge in [-0.15, -0.1) is 0 Å². The molecule has 0 aromatic carbocycles. The van der Waals surface area contributed by atoms with Crippen molar-refractivity contribution >= 4 is 17.9 Å². The summed E-state index contributed by atoms with van der Waals surface area (Å²) in [4.78, 5) is 37.3. The molecule has 0 aliphatic carbocycles. The Labute approximate surface area is 486 Å². The van der Waals surface area contributed by atoms with Crippen LogP contribution in [0.15, 0.2) is 97.2 Å². The van der Waals surface area contributed by atoms with E-state index in [2.05, 4.69) is 111 Å². The minimum absolute atomic E-state index is 0.144. The molecule has 0 aromatic rings. The maximum absolute atomic E-state index is 12.9. The van der Waals surface area contributed by atoms with Crippen LogP contribution in [0.25, 0.3) is 0 Å². The Kier molecular flexibility index (Phi) is 57.4. The van der Waals surface area contributed by atoms with Crippen molar-refractivity contribution in [3.63, 3.8) is 0 Å². The monoisotopic (exact) mass is 1100 g/mol. The van der Waals surface area contributed by atoms with Crippen LogP contribution in [0, 0.1) is 0 Å². The van der Waals surface area contributed by atoms with Gasteiger partial charge in [0.05, 0.1) is 40.3 Å². The van der Waals surface area contributed by atoms with Gasteiger partial charge >= 0.3 is 11.9 Å². The summed E-state index contributed by atoms with van der Waals surface area (Å²) in [7, 11) is 5.92. The number of hydrogen-bond donors (Lipinski definition) is 0. The molecule has 0 fully saturated rings. The van der Waals surface area contributed by atoms with Crippen molar-refractivity contribution in [3.8, 4) is 0 Å². The van der Waals surface area contributed by atoms with Crippen LogP contribution in [-0.2, 0) is 33.3 Å². The van der Waals surface area contributed by atoms with E-state index in [1.54, 1.807) is 0 Å². The molecule has 0 aliphatic rings. The maximum Gasteiger partial charge on any atom is 0.306 e. The van der Waals surface area contributed by atoms with Crippen LogP contribution >= 0.6 is 0 Å². The Morgan fingerprint density at radius 3 is 1.08 bits per heavy atom. The van der Waals surface area contributed by atoms with E-state index in [9.17, 15) is 19.5 Å². The summed E-state index contributed by atoms with van der Waals surface area (Å²) in [5.41, 5.74) is 0. The largest absolute Gasteiger partial charge is 0.545 e. The second kappa shape index (κ2) is 60.3. The molecule has 79 heavy (non-hydrogen) atoms. The number of unbranched alkanes of at least 4 members (excludes halogenated alkanes) is 28. The van der Waals surface area contributed by atoms with Gasteiger partial charge in [-0.3, -0.25) is 9.59 Å². The lowest BCUT2D eigenvalue weighted by Gasteiger charge is -2.26. The smallest absolute Gasteiger partial charge is 0.306 e. The number of carbonyl (C=O) groups is 3. The molecular formula is C70H121NO8. The molecule has 0 amide bonds. The lowest BCUT2D eigenvalue weighted by atomic mass is 10.0. The van der Waals surface area contributed by atoms with Gasteiger partial charge in [-0.25, -0.2) is 0 Å². The first-order chi connectivity index (χ1) is 38.6. The molecule has 0 spiro atoms. The number of carbonyl (C=O) groups excluding carboxylic acids is 3. The van der Waals surface area contributed by atoms with E-state index < -0.39 is 24.3 Å². The molecule has 9 nitrogen and oxygen atoms in total. The standard InChI is InChI=1S/C70H121NO8/c1-6-8-10-12-14-16-18-20-22-23-24-25-26-27-28-29-30-31-32-33-34-35-36-37-38-39-40-41-42-43-44-45-47-49-51-53-55-57-59-61-68(73)79-66(65-78-70(69(74)75)76-63-62-71(3,4)5)64-77-67(72)60-58-56-54-52-50-48-46-21-19-17-15-13-11-9-7-2/h8,10,14-17,20-22,24-25,27-28,30-31,46,66,70H,6-7,9,11-13,18-19,23,26,29,32-45,47-65H2,1-5H3/b10-8-,16-14-,17-15-,22-20-,25-24-,28-27-,31-30-,46-21-. The van der Waals surface area contributed by atoms with Crippen LogP contribution in [0.2, 0.25) is 0 Å². The lowest BCUT2D eigenvalue weighted by molar-refractivity contribution is -0.870. The van der Waals surface area contributed by atoms with Crippen LogP contribution in [0.4, 0.5) is 0 Å². The molecule has 0 rings (SSSR count). The molecule has 2 atom stereocenters. The predicted molar refractivity (Wildman–Crippen MR) is 334 cm³/mol. The third-order valence-corrected chi connectivity index (χ3v) is 13.8. The zero-order chi connectivity index (χ0) is 57.6. The molecule has 0 saturated carbocycles. The number of carboxylic acids is 1. The minimum atomic E-state index is -1.63. The van der Waals surface area contributed by atoms with Crippen molar-refractivity contribution in [3.05, 3.63) is 97.2 Å². The van der Waals surface area contributed by atoms with Crippen molar-refractivity contribution in [2.24, 2.45) is 0 Å². The molecule has 0 aliphatic heterocycles. The van der Waals surface area contributed by atoms with Gasteiger partial charge in [0.15, 0.2) is 12.4 Å². The van der Waals surface area contributed by atoms with Gasteiger partial charge in [-0.1, -0.05) is 259 Å². The predicted octanol–water partition coefficient (Wildman–Crippen LogP) is 18.4. The first kappa shape index (κ1) is 75.2. The normalized spacial score (nSPS) is 13.4. The van der Waals surface area contributed by atoms with Crippen LogP contribution in [0.1, 0.15) is 271 Å². The first-order valence-corrected chi connectivity index (χ1v) is 32.4. The first-order valence-electron chi connectivity index (χ1n) is 32.4. The Bertz CT molecular complexity index is 1620. The number of likely N-dealkylation sites (N-methyl/N-ethyl adjacent to an activating group) is 1. The van der Waals surface area contributed by atoms with Crippen LogP contribution in [-0.4, -0.2) is 82.3 Å². The summed E-state index contributed by atoms with van der Waals surface area (Å²) in [6.07, 6.45) is 79.2. The average Bonchev–Trinajstić information content (AvgIpc) is 3.42. The highest BCUT2D eigenvalue weighted by molar-refractivity contribution is 5.70. The number of aliphatic carboxylic acids is 1. The van der Waals surface area contributed by atoms with E-state index in [-0.39, 0.29) is 38.6 Å². The van der Waals surface area contributed by atoms with Crippen molar-refractivity contribution in [2.45, 2.75) is 283 Å². The zero-order valence-electron chi connectivity index (χ0n) is 51.7. The van der Waals surface area contributed by atoms with Gasteiger partial charge < -0.3 is 33.3 Å². The van der Waals surface area contributed by atoms with E-state index >= 15 is 0 Å². The lowest BCUT2D eigenvalue weighted by Crippen LogP contribution is -2.44. The Morgan fingerprint density at radius 1 is 0.392 bits per heavy atom. The Morgan fingerprint density at radius 2 is 0.722 bits per heavy atom. The number of carboxylic acid groups (broad SMARTS) is 1. The molecule has 0 heterocycles. The topological polar surface area (TPSA) is 111 Å². The second-order valence-electron chi connectivity index (χ2n) is 22.7.